The molecule has 1 aromatic carbocycles. The zero-order valence-corrected chi connectivity index (χ0v) is 17.2. The standard InChI is InChI=1S/C21H26N4O3S/c26-21(24-13-11-22(12-14-24)16-18-4-3-15-29-18)17-7-9-23(10-8-17)19-5-1-2-6-20(19)25(27)28/h1-6,15,17H,7-14,16H2. The SMILES string of the molecule is O=C(C1CCN(c2ccccc2[N+](=O)[O-])CC1)N1CCN(Cc2cccs2)CC1. The summed E-state index contributed by atoms with van der Waals surface area (Å²) in [5.74, 6) is 0.279. The Balaban J connectivity index is 1.28. The molecule has 2 saturated heterocycles. The maximum absolute atomic E-state index is 13.0. The van der Waals surface area contributed by atoms with Crippen LogP contribution in [0.25, 0.3) is 0 Å². The van der Waals surface area contributed by atoms with Crippen molar-refractivity contribution in [3.05, 3.63) is 56.8 Å². The van der Waals surface area contributed by atoms with Gasteiger partial charge in [0.2, 0.25) is 5.91 Å². The van der Waals surface area contributed by atoms with Gasteiger partial charge in [-0.2, -0.15) is 0 Å². The second-order valence-corrected chi connectivity index (χ2v) is 8.72. The van der Waals surface area contributed by atoms with E-state index >= 15 is 0 Å². The van der Waals surface area contributed by atoms with Crippen LogP contribution in [0.1, 0.15) is 17.7 Å². The molecule has 2 aliphatic heterocycles. The van der Waals surface area contributed by atoms with Gasteiger partial charge >= 0.3 is 0 Å². The lowest BCUT2D eigenvalue weighted by Crippen LogP contribution is -2.51. The predicted octanol–water partition coefficient (Wildman–Crippen LogP) is 3.22. The number of para-hydroxylation sites is 2. The molecule has 8 heteroatoms. The Labute approximate surface area is 174 Å². The van der Waals surface area contributed by atoms with E-state index in [9.17, 15) is 14.9 Å². The second kappa shape index (κ2) is 8.92. The Morgan fingerprint density at radius 3 is 2.41 bits per heavy atom. The van der Waals surface area contributed by atoms with E-state index in [1.807, 2.05) is 15.9 Å². The second-order valence-electron chi connectivity index (χ2n) is 7.69. The lowest BCUT2D eigenvalue weighted by molar-refractivity contribution is -0.384. The number of nitrogens with zero attached hydrogens (tertiary/aromatic N) is 4. The predicted molar refractivity (Wildman–Crippen MR) is 114 cm³/mol. The van der Waals surface area contributed by atoms with E-state index in [-0.39, 0.29) is 22.4 Å². The zero-order chi connectivity index (χ0) is 20.2. The highest BCUT2D eigenvalue weighted by atomic mass is 32.1. The molecule has 0 spiro atoms. The first-order valence-corrected chi connectivity index (χ1v) is 11.0. The van der Waals surface area contributed by atoms with E-state index in [4.69, 9.17) is 0 Å². The van der Waals surface area contributed by atoms with Gasteiger partial charge in [-0.1, -0.05) is 18.2 Å². The van der Waals surface area contributed by atoms with Gasteiger partial charge in [0.1, 0.15) is 5.69 Å². The van der Waals surface area contributed by atoms with E-state index in [2.05, 4.69) is 22.4 Å². The lowest BCUT2D eigenvalue weighted by atomic mass is 9.94. The fraction of sp³-hybridized carbons (Fsp3) is 0.476. The number of hydrogen-bond acceptors (Lipinski definition) is 6. The fourth-order valence-electron chi connectivity index (χ4n) is 4.26. The number of amides is 1. The summed E-state index contributed by atoms with van der Waals surface area (Å²) in [6.07, 6.45) is 1.50. The Hall–Kier alpha value is -2.45. The van der Waals surface area contributed by atoms with Crippen molar-refractivity contribution in [2.45, 2.75) is 19.4 Å². The van der Waals surface area contributed by atoms with Gasteiger partial charge in [-0.05, 0) is 30.4 Å². The molecule has 7 nitrogen and oxygen atoms in total. The highest BCUT2D eigenvalue weighted by molar-refractivity contribution is 7.09. The number of thiophene rings is 1. The number of hydrogen-bond donors (Lipinski definition) is 0. The van der Waals surface area contributed by atoms with Gasteiger partial charge in [-0.3, -0.25) is 19.8 Å². The lowest BCUT2D eigenvalue weighted by Gasteiger charge is -2.38. The normalized spacial score (nSPS) is 18.8. The number of nitro benzene ring substituents is 1. The molecule has 29 heavy (non-hydrogen) atoms. The van der Waals surface area contributed by atoms with E-state index in [0.717, 1.165) is 45.6 Å². The maximum Gasteiger partial charge on any atom is 0.292 e. The molecule has 1 aromatic heterocycles. The molecule has 154 valence electrons. The summed E-state index contributed by atoms with van der Waals surface area (Å²) < 4.78 is 0. The van der Waals surface area contributed by atoms with Crippen LogP contribution in [-0.4, -0.2) is 59.9 Å². The Kier molecular flexibility index (Phi) is 6.10. The first-order chi connectivity index (χ1) is 14.1. The molecular weight excluding hydrogens is 388 g/mol. The van der Waals surface area contributed by atoms with Crippen LogP contribution in [0.3, 0.4) is 0 Å². The van der Waals surface area contributed by atoms with Crippen LogP contribution in [0.15, 0.2) is 41.8 Å². The van der Waals surface area contributed by atoms with E-state index in [1.165, 1.54) is 4.88 Å². The van der Waals surface area contributed by atoms with Gasteiger partial charge < -0.3 is 9.80 Å². The summed E-state index contributed by atoms with van der Waals surface area (Å²) in [6, 6.07) is 11.1. The molecular formula is C21H26N4O3S. The summed E-state index contributed by atoms with van der Waals surface area (Å²) in [5, 5.41) is 13.4. The van der Waals surface area contributed by atoms with Crippen LogP contribution >= 0.6 is 11.3 Å². The number of carbonyl (C=O) groups excluding carboxylic acids is 1. The third kappa shape index (κ3) is 4.59. The van der Waals surface area contributed by atoms with Crippen LogP contribution in [-0.2, 0) is 11.3 Å². The number of carbonyl (C=O) groups is 1. The molecule has 2 aliphatic rings. The van der Waals surface area contributed by atoms with Crippen molar-refractivity contribution in [1.82, 2.24) is 9.80 Å². The van der Waals surface area contributed by atoms with Gasteiger partial charge in [-0.25, -0.2) is 0 Å². The van der Waals surface area contributed by atoms with E-state index in [1.54, 1.807) is 29.5 Å². The third-order valence-electron chi connectivity index (χ3n) is 5.91. The molecule has 3 heterocycles. The third-order valence-corrected chi connectivity index (χ3v) is 6.77. The van der Waals surface area contributed by atoms with Gasteiger partial charge in [-0.15, -0.1) is 11.3 Å². The quantitative estimate of drug-likeness (QED) is 0.555. The molecule has 0 saturated carbocycles. The Bertz CT molecular complexity index is 841. The number of benzene rings is 1. The van der Waals surface area contributed by atoms with Gasteiger partial charge in [0.25, 0.3) is 5.69 Å². The minimum Gasteiger partial charge on any atom is -0.366 e. The molecule has 2 aromatic rings. The molecule has 4 rings (SSSR count). The largest absolute Gasteiger partial charge is 0.366 e. The monoisotopic (exact) mass is 414 g/mol. The van der Waals surface area contributed by atoms with Crippen LogP contribution < -0.4 is 4.90 Å². The first kappa shape index (κ1) is 19.8. The molecule has 0 aliphatic carbocycles. The van der Waals surface area contributed by atoms with E-state index in [0.29, 0.717) is 18.8 Å². The van der Waals surface area contributed by atoms with Gasteiger partial charge in [0, 0.05) is 62.7 Å². The molecule has 2 fully saturated rings. The smallest absolute Gasteiger partial charge is 0.292 e. The average molecular weight is 415 g/mol. The average Bonchev–Trinajstić information content (AvgIpc) is 3.27. The first-order valence-electron chi connectivity index (χ1n) is 10.1. The molecule has 0 unspecified atom stereocenters. The topological polar surface area (TPSA) is 69.9 Å². The summed E-state index contributed by atoms with van der Waals surface area (Å²) in [6.45, 7) is 5.73. The molecule has 0 bridgehead atoms. The molecule has 0 N–H and O–H groups in total. The summed E-state index contributed by atoms with van der Waals surface area (Å²) in [5.41, 5.74) is 0.796. The summed E-state index contributed by atoms with van der Waals surface area (Å²) in [4.78, 5) is 31.8. The minimum absolute atomic E-state index is 0.0258. The van der Waals surface area contributed by atoms with Gasteiger partial charge in [0.15, 0.2) is 0 Å². The number of anilines is 1. The summed E-state index contributed by atoms with van der Waals surface area (Å²) in [7, 11) is 0. The van der Waals surface area contributed by atoms with Crippen molar-refractivity contribution in [2.75, 3.05) is 44.2 Å². The Morgan fingerprint density at radius 2 is 1.76 bits per heavy atom. The Morgan fingerprint density at radius 1 is 1.03 bits per heavy atom. The van der Waals surface area contributed by atoms with Crippen molar-refractivity contribution in [1.29, 1.82) is 0 Å². The van der Waals surface area contributed by atoms with Crippen LogP contribution in [0.5, 0.6) is 0 Å². The highest BCUT2D eigenvalue weighted by Gasteiger charge is 2.32. The summed E-state index contributed by atoms with van der Waals surface area (Å²) >= 11 is 1.78. The van der Waals surface area contributed by atoms with Crippen LogP contribution in [0.2, 0.25) is 0 Å². The maximum atomic E-state index is 13.0. The minimum atomic E-state index is -0.331. The van der Waals surface area contributed by atoms with Crippen molar-refractivity contribution in [2.24, 2.45) is 5.92 Å². The fourth-order valence-corrected chi connectivity index (χ4v) is 5.01. The molecule has 1 amide bonds. The van der Waals surface area contributed by atoms with Crippen molar-refractivity contribution >= 4 is 28.6 Å². The number of nitro groups is 1. The molecule has 0 radical (unpaired) electrons. The van der Waals surface area contributed by atoms with Crippen LogP contribution in [0, 0.1) is 16.0 Å². The van der Waals surface area contributed by atoms with E-state index < -0.39 is 0 Å². The van der Waals surface area contributed by atoms with Crippen molar-refractivity contribution < 1.29 is 9.72 Å². The number of rotatable bonds is 5. The van der Waals surface area contributed by atoms with Gasteiger partial charge in [0.05, 0.1) is 4.92 Å². The zero-order valence-electron chi connectivity index (χ0n) is 16.4. The molecule has 0 atom stereocenters. The van der Waals surface area contributed by atoms with Crippen LogP contribution in [0.4, 0.5) is 11.4 Å². The number of piperazine rings is 1. The number of piperidine rings is 1. The van der Waals surface area contributed by atoms with Crippen molar-refractivity contribution in [3.63, 3.8) is 0 Å². The van der Waals surface area contributed by atoms with Crippen molar-refractivity contribution in [3.8, 4) is 0 Å². The highest BCUT2D eigenvalue weighted by Crippen LogP contribution is 2.31.